The van der Waals surface area contributed by atoms with E-state index in [1.807, 2.05) is 0 Å². The van der Waals surface area contributed by atoms with Crippen LogP contribution in [0, 0.1) is 11.3 Å². The Balaban J connectivity index is 1.57. The molecule has 1 spiro atoms. The van der Waals surface area contributed by atoms with Gasteiger partial charge >= 0.3 is 18.4 Å². The Morgan fingerprint density at radius 2 is 1.76 bits per heavy atom. The van der Waals surface area contributed by atoms with Crippen molar-refractivity contribution in [3.63, 3.8) is 0 Å². The third kappa shape index (κ3) is 5.16. The van der Waals surface area contributed by atoms with Gasteiger partial charge in [-0.15, -0.1) is 0 Å². The van der Waals surface area contributed by atoms with Gasteiger partial charge in [0, 0.05) is 30.3 Å². The molecule has 1 saturated carbocycles. The first-order valence-corrected chi connectivity index (χ1v) is 9.24. The molecule has 0 radical (unpaired) electrons. The molecule has 1 aromatic rings. The van der Waals surface area contributed by atoms with E-state index < -0.39 is 36.3 Å². The number of carbonyl (C=O) groups excluding carboxylic acids is 1. The smallest absolute Gasteiger partial charge is 0.435 e. The summed E-state index contributed by atoms with van der Waals surface area (Å²) in [5.41, 5.74) is -2.20. The first-order valence-electron chi connectivity index (χ1n) is 9.24. The summed E-state index contributed by atoms with van der Waals surface area (Å²) in [5, 5.41) is 3.12. The lowest BCUT2D eigenvalue weighted by molar-refractivity contribution is -0.149. The fraction of sp³-hybridized carbons (Fsp3) is 0.778. The van der Waals surface area contributed by atoms with Crippen LogP contribution in [0.25, 0.3) is 0 Å². The molecule has 2 fully saturated rings. The minimum absolute atomic E-state index is 0.0148. The lowest BCUT2D eigenvalue weighted by atomic mass is 9.56. The number of likely N-dealkylation sites (tertiary alicyclic amines) is 1. The molecular weight excluding hydrogens is 404 g/mol. The van der Waals surface area contributed by atoms with Crippen molar-refractivity contribution in [2.75, 3.05) is 13.1 Å². The molecule has 0 atom stereocenters. The highest BCUT2D eigenvalue weighted by molar-refractivity contribution is 5.69. The largest absolute Gasteiger partial charge is 0.444 e. The van der Waals surface area contributed by atoms with Gasteiger partial charge < -0.3 is 9.64 Å². The molecule has 0 unspecified atom stereocenters. The molecular formula is C18H23F6N3O2. The van der Waals surface area contributed by atoms with Crippen LogP contribution >= 0.6 is 0 Å². The maximum absolute atomic E-state index is 13.2. The van der Waals surface area contributed by atoms with Gasteiger partial charge in [0.25, 0.3) is 0 Å². The number of alkyl halides is 6. The highest BCUT2D eigenvalue weighted by atomic mass is 19.4. The monoisotopic (exact) mass is 427 g/mol. The minimum atomic E-state index is -4.81. The average Bonchev–Trinajstić information content (AvgIpc) is 2.77. The molecule has 1 amide bonds. The number of nitrogens with zero attached hydrogens (tertiary/aromatic N) is 3. The number of amides is 1. The van der Waals surface area contributed by atoms with Crippen LogP contribution in [0.2, 0.25) is 0 Å². The van der Waals surface area contributed by atoms with Crippen LogP contribution in [0.3, 0.4) is 0 Å². The van der Waals surface area contributed by atoms with Gasteiger partial charge in [0.15, 0.2) is 5.69 Å². The molecule has 11 heteroatoms. The van der Waals surface area contributed by atoms with Crippen molar-refractivity contribution >= 4 is 6.09 Å². The van der Waals surface area contributed by atoms with E-state index in [1.165, 1.54) is 0 Å². The van der Waals surface area contributed by atoms with Crippen molar-refractivity contribution < 1.29 is 35.9 Å². The maximum Gasteiger partial charge on any atom is 0.435 e. The van der Waals surface area contributed by atoms with Crippen molar-refractivity contribution in [1.82, 2.24) is 14.7 Å². The van der Waals surface area contributed by atoms with Crippen LogP contribution in [0.15, 0.2) is 6.20 Å². The summed E-state index contributed by atoms with van der Waals surface area (Å²) in [4.78, 5) is 13.5. The van der Waals surface area contributed by atoms with Crippen LogP contribution < -0.4 is 0 Å². The zero-order valence-electron chi connectivity index (χ0n) is 16.3. The number of halogens is 6. The SMILES string of the molecule is CC(C)(C)OC(=O)N1CC2(CC(Cc3cn(CC(F)(F)F)nc3C(F)(F)F)C2)C1. The Kier molecular flexibility index (Phi) is 5.10. The number of hydrogen-bond acceptors (Lipinski definition) is 3. The Bertz CT molecular complexity index is 764. The van der Waals surface area contributed by atoms with Gasteiger partial charge in [0.2, 0.25) is 0 Å². The third-order valence-corrected chi connectivity index (χ3v) is 5.10. The fourth-order valence-electron chi connectivity index (χ4n) is 4.21. The van der Waals surface area contributed by atoms with Gasteiger partial charge in [-0.2, -0.15) is 31.4 Å². The number of aromatic nitrogens is 2. The summed E-state index contributed by atoms with van der Waals surface area (Å²) in [6.45, 7) is 4.69. The summed E-state index contributed by atoms with van der Waals surface area (Å²) >= 11 is 0. The molecule has 5 nitrogen and oxygen atoms in total. The second-order valence-corrected chi connectivity index (χ2v) is 9.13. The third-order valence-electron chi connectivity index (χ3n) is 5.10. The fourth-order valence-corrected chi connectivity index (χ4v) is 4.21. The van der Waals surface area contributed by atoms with Crippen LogP contribution in [0.1, 0.15) is 44.9 Å². The normalized spacial score (nSPS) is 19.8. The molecule has 1 aliphatic heterocycles. The first kappa shape index (κ1) is 21.8. The Morgan fingerprint density at radius 1 is 1.17 bits per heavy atom. The molecule has 1 aromatic heterocycles. The predicted octanol–water partition coefficient (Wildman–Crippen LogP) is 4.65. The number of carbonyl (C=O) groups is 1. The van der Waals surface area contributed by atoms with E-state index in [-0.39, 0.29) is 23.3 Å². The Morgan fingerprint density at radius 3 is 2.24 bits per heavy atom. The van der Waals surface area contributed by atoms with Crippen molar-refractivity contribution in [2.24, 2.45) is 11.3 Å². The molecule has 2 aliphatic rings. The zero-order chi connectivity index (χ0) is 21.8. The molecule has 164 valence electrons. The molecule has 0 bridgehead atoms. The molecule has 0 N–H and O–H groups in total. The zero-order valence-corrected chi connectivity index (χ0v) is 16.3. The molecule has 3 rings (SSSR count). The van der Waals surface area contributed by atoms with Crippen molar-refractivity contribution in [3.8, 4) is 0 Å². The molecule has 0 aromatic carbocycles. The number of ether oxygens (including phenoxy) is 1. The van der Waals surface area contributed by atoms with Gasteiger partial charge in [0.05, 0.1) is 0 Å². The van der Waals surface area contributed by atoms with Crippen LogP contribution in [-0.2, 0) is 23.9 Å². The van der Waals surface area contributed by atoms with E-state index in [4.69, 9.17) is 4.74 Å². The van der Waals surface area contributed by atoms with Gasteiger partial charge in [-0.3, -0.25) is 4.68 Å². The van der Waals surface area contributed by atoms with E-state index in [9.17, 15) is 31.1 Å². The molecule has 2 heterocycles. The summed E-state index contributed by atoms with van der Waals surface area (Å²) < 4.78 is 82.5. The van der Waals surface area contributed by atoms with Crippen LogP contribution in [0.5, 0.6) is 0 Å². The summed E-state index contributed by atoms with van der Waals surface area (Å²) in [6.07, 6.45) is -7.78. The number of hydrogen-bond donors (Lipinski definition) is 0. The molecule has 29 heavy (non-hydrogen) atoms. The first-order chi connectivity index (χ1) is 13.1. The second-order valence-electron chi connectivity index (χ2n) is 9.13. The topological polar surface area (TPSA) is 47.4 Å². The van der Waals surface area contributed by atoms with Crippen LogP contribution in [0.4, 0.5) is 31.1 Å². The molecule has 1 aliphatic carbocycles. The lowest BCUT2D eigenvalue weighted by Crippen LogP contribution is -2.64. The second kappa shape index (κ2) is 6.80. The average molecular weight is 427 g/mol. The van der Waals surface area contributed by atoms with E-state index in [0.29, 0.717) is 30.6 Å². The standard InChI is InChI=1S/C18H23F6N3O2/c1-15(2,3)29-14(28)26-8-16(9-26)5-11(6-16)4-12-7-27(10-17(19,20)21)25-13(12)18(22,23)24/h7,11H,4-6,8-10H2,1-3H3. The summed E-state index contributed by atoms with van der Waals surface area (Å²) in [5.74, 6) is -0.0829. The van der Waals surface area contributed by atoms with Gasteiger partial charge in [-0.05, 0) is 46.0 Å². The summed E-state index contributed by atoms with van der Waals surface area (Å²) in [7, 11) is 0. The highest BCUT2D eigenvalue weighted by Crippen LogP contribution is 2.53. The van der Waals surface area contributed by atoms with E-state index in [0.717, 1.165) is 6.20 Å². The van der Waals surface area contributed by atoms with Gasteiger partial charge in [-0.25, -0.2) is 4.79 Å². The lowest BCUT2D eigenvalue weighted by Gasteiger charge is -2.58. The van der Waals surface area contributed by atoms with Crippen molar-refractivity contribution in [3.05, 3.63) is 17.5 Å². The van der Waals surface area contributed by atoms with Gasteiger partial charge in [0.1, 0.15) is 12.1 Å². The molecule has 1 saturated heterocycles. The van der Waals surface area contributed by atoms with E-state index in [1.54, 1.807) is 25.7 Å². The quantitative estimate of drug-likeness (QED) is 0.660. The van der Waals surface area contributed by atoms with Gasteiger partial charge in [-0.1, -0.05) is 0 Å². The Hall–Kier alpha value is -1.94. The van der Waals surface area contributed by atoms with E-state index >= 15 is 0 Å². The van der Waals surface area contributed by atoms with Crippen molar-refractivity contribution in [1.29, 1.82) is 0 Å². The minimum Gasteiger partial charge on any atom is -0.444 e. The maximum atomic E-state index is 13.2. The predicted molar refractivity (Wildman–Crippen MR) is 90.0 cm³/mol. The summed E-state index contributed by atoms with van der Waals surface area (Å²) in [6, 6.07) is 0. The highest BCUT2D eigenvalue weighted by Gasteiger charge is 2.54. The van der Waals surface area contributed by atoms with Crippen molar-refractivity contribution in [2.45, 2.75) is 64.5 Å². The number of rotatable bonds is 3. The van der Waals surface area contributed by atoms with E-state index in [2.05, 4.69) is 5.10 Å². The van der Waals surface area contributed by atoms with Crippen LogP contribution in [-0.4, -0.2) is 45.6 Å². The Labute approximate surface area is 164 Å².